The van der Waals surface area contributed by atoms with Crippen molar-refractivity contribution < 1.29 is 0 Å². The Morgan fingerprint density at radius 3 is 2.88 bits per heavy atom. The van der Waals surface area contributed by atoms with E-state index in [-0.39, 0.29) is 0 Å². The van der Waals surface area contributed by atoms with Gasteiger partial charge in [0, 0.05) is 18.0 Å². The van der Waals surface area contributed by atoms with Crippen LogP contribution in [0.3, 0.4) is 0 Å². The Bertz CT molecular complexity index is 402. The number of rotatable bonds is 1. The maximum Gasteiger partial charge on any atom is 0.101 e. The van der Waals surface area contributed by atoms with Crippen molar-refractivity contribution in [2.75, 3.05) is 11.9 Å². The molecule has 0 radical (unpaired) electrons. The Hall–Kier alpha value is -0.730. The van der Waals surface area contributed by atoms with Crippen molar-refractivity contribution in [3.8, 4) is 0 Å². The molecule has 0 aliphatic carbocycles. The lowest BCUT2D eigenvalue weighted by molar-refractivity contribution is 0.731. The third-order valence-corrected chi connectivity index (χ3v) is 3.15. The Kier molecular flexibility index (Phi) is 4.08. The first-order valence-corrected chi connectivity index (χ1v) is 6.27. The topological polar surface area (TPSA) is 24.4 Å². The van der Waals surface area contributed by atoms with E-state index in [2.05, 4.69) is 10.3 Å². The predicted octanol–water partition coefficient (Wildman–Crippen LogP) is 4.38. The van der Waals surface area contributed by atoms with Crippen LogP contribution in [-0.4, -0.2) is 12.4 Å². The Balaban J connectivity index is 2.13. The minimum atomic E-state index is 0.677. The molecule has 0 amide bonds. The van der Waals surface area contributed by atoms with Gasteiger partial charge in [-0.1, -0.05) is 29.6 Å². The van der Waals surface area contributed by atoms with Crippen LogP contribution in [0.15, 0.2) is 23.2 Å². The number of halogens is 2. The van der Waals surface area contributed by atoms with Crippen LogP contribution < -0.4 is 5.32 Å². The second-order valence-corrected chi connectivity index (χ2v) is 4.73. The smallest absolute Gasteiger partial charge is 0.101 e. The number of anilines is 1. The van der Waals surface area contributed by atoms with Gasteiger partial charge in [-0.25, -0.2) is 0 Å². The molecule has 1 aliphatic rings. The summed E-state index contributed by atoms with van der Waals surface area (Å²) in [4.78, 5) is 4.49. The summed E-state index contributed by atoms with van der Waals surface area (Å²) in [6.07, 6.45) is 4.60. The normalized spacial score (nSPS) is 16.5. The van der Waals surface area contributed by atoms with E-state index in [4.69, 9.17) is 23.2 Å². The molecular weight excluding hydrogens is 243 g/mol. The summed E-state index contributed by atoms with van der Waals surface area (Å²) in [5.41, 5.74) is 0.842. The number of amidine groups is 1. The molecule has 1 aromatic carbocycles. The van der Waals surface area contributed by atoms with Crippen molar-refractivity contribution in [3.63, 3.8) is 0 Å². The van der Waals surface area contributed by atoms with E-state index in [0.29, 0.717) is 10.0 Å². The molecule has 86 valence electrons. The highest BCUT2D eigenvalue weighted by Gasteiger charge is 2.07. The van der Waals surface area contributed by atoms with Gasteiger partial charge >= 0.3 is 0 Å². The average molecular weight is 257 g/mol. The molecule has 1 N–H and O–H groups in total. The molecule has 2 nitrogen and oxygen atoms in total. The van der Waals surface area contributed by atoms with E-state index in [1.807, 2.05) is 6.07 Å². The van der Waals surface area contributed by atoms with Crippen molar-refractivity contribution in [1.29, 1.82) is 0 Å². The highest BCUT2D eigenvalue weighted by molar-refractivity contribution is 6.35. The lowest BCUT2D eigenvalue weighted by atomic mass is 10.2. The monoisotopic (exact) mass is 256 g/mol. The molecule has 0 unspecified atom stereocenters. The molecule has 0 spiro atoms. The second-order valence-electron chi connectivity index (χ2n) is 3.89. The van der Waals surface area contributed by atoms with Crippen LogP contribution in [0.2, 0.25) is 10.0 Å². The summed E-state index contributed by atoms with van der Waals surface area (Å²) in [5.74, 6) is 1.02. The molecule has 1 heterocycles. The van der Waals surface area contributed by atoms with Crippen LogP contribution in [-0.2, 0) is 0 Å². The fourth-order valence-corrected chi connectivity index (χ4v) is 2.06. The van der Waals surface area contributed by atoms with Crippen LogP contribution in [0.1, 0.15) is 25.7 Å². The first-order chi connectivity index (χ1) is 7.75. The highest BCUT2D eigenvalue weighted by Crippen LogP contribution is 2.26. The van der Waals surface area contributed by atoms with Gasteiger partial charge in [0.1, 0.15) is 5.84 Å². The highest BCUT2D eigenvalue weighted by atomic mass is 35.5. The van der Waals surface area contributed by atoms with Gasteiger partial charge in [-0.3, -0.25) is 4.99 Å². The molecule has 0 saturated heterocycles. The summed E-state index contributed by atoms with van der Waals surface area (Å²) >= 11 is 12.0. The number of nitrogens with one attached hydrogen (secondary N) is 1. The van der Waals surface area contributed by atoms with Gasteiger partial charge in [0.2, 0.25) is 0 Å². The lowest BCUT2D eigenvalue weighted by Gasteiger charge is -2.10. The minimum absolute atomic E-state index is 0.677. The Morgan fingerprint density at radius 2 is 2.00 bits per heavy atom. The first-order valence-electron chi connectivity index (χ1n) is 5.51. The number of benzene rings is 1. The van der Waals surface area contributed by atoms with Crippen LogP contribution in [0.25, 0.3) is 0 Å². The molecule has 0 fully saturated rings. The second kappa shape index (κ2) is 5.55. The number of hydrogen-bond donors (Lipinski definition) is 1. The van der Waals surface area contributed by atoms with E-state index < -0.39 is 0 Å². The van der Waals surface area contributed by atoms with Crippen molar-refractivity contribution in [3.05, 3.63) is 28.2 Å². The molecule has 0 aromatic heterocycles. The fourth-order valence-electron chi connectivity index (χ4n) is 1.72. The van der Waals surface area contributed by atoms with Crippen molar-refractivity contribution in [1.82, 2.24) is 0 Å². The van der Waals surface area contributed by atoms with Gasteiger partial charge in [0.05, 0.1) is 10.7 Å². The van der Waals surface area contributed by atoms with Crippen molar-refractivity contribution in [2.24, 2.45) is 4.99 Å². The standard InChI is InChI=1S/C12H14Cl2N2/c13-9-5-6-10(14)11(8-9)16-12-4-2-1-3-7-15-12/h5-6,8H,1-4,7H2,(H,15,16). The predicted molar refractivity (Wildman–Crippen MR) is 70.9 cm³/mol. The molecule has 0 saturated carbocycles. The van der Waals surface area contributed by atoms with Crippen LogP contribution in [0.4, 0.5) is 5.69 Å². The summed E-state index contributed by atoms with van der Waals surface area (Å²) < 4.78 is 0. The number of aliphatic imine (C=N–C) groups is 1. The molecular formula is C12H14Cl2N2. The van der Waals surface area contributed by atoms with E-state index in [9.17, 15) is 0 Å². The van der Waals surface area contributed by atoms with E-state index in [1.54, 1.807) is 12.1 Å². The maximum atomic E-state index is 6.08. The van der Waals surface area contributed by atoms with E-state index in [0.717, 1.165) is 24.5 Å². The quantitative estimate of drug-likeness (QED) is 0.793. The molecule has 2 rings (SSSR count). The van der Waals surface area contributed by atoms with Crippen LogP contribution >= 0.6 is 23.2 Å². The zero-order valence-electron chi connectivity index (χ0n) is 8.97. The molecule has 16 heavy (non-hydrogen) atoms. The SMILES string of the molecule is Clc1ccc(Cl)c(NC2=NCCCCC2)c1. The molecule has 0 atom stereocenters. The van der Waals surface area contributed by atoms with Gasteiger partial charge in [-0.2, -0.15) is 0 Å². The summed E-state index contributed by atoms with van der Waals surface area (Å²) in [6, 6.07) is 5.41. The van der Waals surface area contributed by atoms with Gasteiger partial charge in [0.25, 0.3) is 0 Å². The van der Waals surface area contributed by atoms with E-state index in [1.165, 1.54) is 19.3 Å². The summed E-state index contributed by atoms with van der Waals surface area (Å²) in [5, 5.41) is 4.62. The molecule has 1 aromatic rings. The number of nitrogens with zero attached hydrogens (tertiary/aromatic N) is 1. The van der Waals surface area contributed by atoms with Crippen molar-refractivity contribution >= 4 is 34.7 Å². The zero-order chi connectivity index (χ0) is 11.4. The van der Waals surface area contributed by atoms with Gasteiger partial charge < -0.3 is 5.32 Å². The fraction of sp³-hybridized carbons (Fsp3) is 0.417. The van der Waals surface area contributed by atoms with E-state index >= 15 is 0 Å². The molecule has 4 heteroatoms. The third kappa shape index (κ3) is 3.13. The Labute approximate surface area is 106 Å². The lowest BCUT2D eigenvalue weighted by Crippen LogP contribution is -2.11. The zero-order valence-corrected chi connectivity index (χ0v) is 10.5. The average Bonchev–Trinajstić information content (AvgIpc) is 2.52. The molecule has 1 aliphatic heterocycles. The largest absolute Gasteiger partial charge is 0.343 e. The summed E-state index contributed by atoms with van der Waals surface area (Å²) in [6.45, 7) is 0.903. The van der Waals surface area contributed by atoms with Crippen LogP contribution in [0.5, 0.6) is 0 Å². The minimum Gasteiger partial charge on any atom is -0.343 e. The van der Waals surface area contributed by atoms with Gasteiger partial charge in [-0.15, -0.1) is 0 Å². The van der Waals surface area contributed by atoms with Gasteiger partial charge in [0.15, 0.2) is 0 Å². The molecule has 0 bridgehead atoms. The van der Waals surface area contributed by atoms with Crippen LogP contribution in [0, 0.1) is 0 Å². The third-order valence-electron chi connectivity index (χ3n) is 2.58. The van der Waals surface area contributed by atoms with Crippen molar-refractivity contribution in [2.45, 2.75) is 25.7 Å². The first kappa shape index (κ1) is 11.7. The summed E-state index contributed by atoms with van der Waals surface area (Å²) in [7, 11) is 0. The maximum absolute atomic E-state index is 6.08. The van der Waals surface area contributed by atoms with Gasteiger partial charge in [-0.05, 0) is 31.0 Å². The number of hydrogen-bond acceptors (Lipinski definition) is 2. The Morgan fingerprint density at radius 1 is 1.12 bits per heavy atom.